The van der Waals surface area contributed by atoms with Crippen LogP contribution in [0, 0.1) is 5.41 Å². The molecule has 2 heterocycles. The molecule has 0 amide bonds. The van der Waals surface area contributed by atoms with Gasteiger partial charge in [-0.3, -0.25) is 10.4 Å². The second-order valence-corrected chi connectivity index (χ2v) is 7.90. The molecule has 0 saturated carbocycles. The third-order valence-electron chi connectivity index (χ3n) is 5.00. The Balaban J connectivity index is 1.76. The maximum atomic E-state index is 8.66. The molecule has 0 atom stereocenters. The molecule has 0 aliphatic heterocycles. The van der Waals surface area contributed by atoms with Crippen LogP contribution < -0.4 is 20.7 Å². The SMILES string of the molecule is CCN(CCNC)c1ccc(C(=N)c2cc(OCc3c(Cl)cncc3Cl)ccc2N)cn1. The van der Waals surface area contributed by atoms with Crippen LogP contribution in [0.5, 0.6) is 5.75 Å². The van der Waals surface area contributed by atoms with Crippen molar-refractivity contribution < 1.29 is 4.74 Å². The van der Waals surface area contributed by atoms with E-state index in [2.05, 4.69) is 27.1 Å². The molecule has 0 aliphatic rings. The fourth-order valence-electron chi connectivity index (χ4n) is 3.13. The largest absolute Gasteiger partial charge is 0.489 e. The second-order valence-electron chi connectivity index (χ2n) is 7.08. The highest BCUT2D eigenvalue weighted by molar-refractivity contribution is 6.35. The summed E-state index contributed by atoms with van der Waals surface area (Å²) in [5.74, 6) is 1.42. The van der Waals surface area contributed by atoms with E-state index in [-0.39, 0.29) is 12.3 Å². The van der Waals surface area contributed by atoms with E-state index in [0.29, 0.717) is 38.2 Å². The predicted octanol–water partition coefficient (Wildman–Crippen LogP) is 4.41. The number of ether oxygens (including phenoxy) is 1. The highest BCUT2D eigenvalue weighted by Gasteiger charge is 2.13. The standard InChI is InChI=1S/C23H26Cl2N6O/c1-3-31(9-8-28-2)22-7-4-15(11-30-22)23(27)17-10-16(5-6-21(17)26)32-14-18-19(24)12-29-13-20(18)25/h4-7,10-13,27-28H,3,8-9,14,26H2,1-2H3. The van der Waals surface area contributed by atoms with Crippen LogP contribution in [0.3, 0.4) is 0 Å². The molecule has 2 aromatic heterocycles. The first-order valence-electron chi connectivity index (χ1n) is 10.2. The van der Waals surface area contributed by atoms with Crippen molar-refractivity contribution in [3.05, 3.63) is 75.7 Å². The maximum Gasteiger partial charge on any atom is 0.128 e. The topological polar surface area (TPSA) is 100 Å². The number of hydrogen-bond acceptors (Lipinski definition) is 7. The van der Waals surface area contributed by atoms with E-state index in [1.54, 1.807) is 24.4 Å². The van der Waals surface area contributed by atoms with Crippen molar-refractivity contribution in [1.82, 2.24) is 15.3 Å². The fraction of sp³-hybridized carbons (Fsp3) is 0.261. The van der Waals surface area contributed by atoms with Crippen LogP contribution in [-0.4, -0.2) is 42.4 Å². The Kier molecular flexibility index (Phi) is 8.27. The summed E-state index contributed by atoms with van der Waals surface area (Å²) in [5, 5.41) is 12.7. The average molecular weight is 473 g/mol. The molecular weight excluding hydrogens is 447 g/mol. The van der Waals surface area contributed by atoms with Gasteiger partial charge in [-0.25, -0.2) is 4.98 Å². The number of pyridine rings is 2. The number of nitrogens with zero attached hydrogens (tertiary/aromatic N) is 3. The van der Waals surface area contributed by atoms with Crippen molar-refractivity contribution in [3.63, 3.8) is 0 Å². The number of rotatable bonds is 10. The van der Waals surface area contributed by atoms with E-state index in [0.717, 1.165) is 25.5 Å². The van der Waals surface area contributed by atoms with Crippen LogP contribution in [0.15, 0.2) is 48.9 Å². The van der Waals surface area contributed by atoms with Crippen LogP contribution in [0.2, 0.25) is 10.0 Å². The van der Waals surface area contributed by atoms with Gasteiger partial charge in [0.15, 0.2) is 0 Å². The first kappa shape index (κ1) is 23.8. The normalized spacial score (nSPS) is 10.8. The molecule has 0 saturated heterocycles. The number of likely N-dealkylation sites (N-methyl/N-ethyl adjacent to an activating group) is 2. The van der Waals surface area contributed by atoms with Gasteiger partial charge in [-0.05, 0) is 44.3 Å². The third-order valence-corrected chi connectivity index (χ3v) is 5.66. The van der Waals surface area contributed by atoms with Crippen LogP contribution in [0.4, 0.5) is 11.5 Å². The lowest BCUT2D eigenvalue weighted by Crippen LogP contribution is -2.31. The summed E-state index contributed by atoms with van der Waals surface area (Å²) in [4.78, 5) is 10.7. The van der Waals surface area contributed by atoms with Gasteiger partial charge in [-0.2, -0.15) is 0 Å². The summed E-state index contributed by atoms with van der Waals surface area (Å²) in [6, 6.07) is 9.01. The molecule has 0 spiro atoms. The molecule has 0 radical (unpaired) electrons. The molecule has 0 unspecified atom stereocenters. The minimum Gasteiger partial charge on any atom is -0.489 e. The number of aromatic nitrogens is 2. The summed E-state index contributed by atoms with van der Waals surface area (Å²) in [5.41, 5.74) is 8.79. The molecule has 0 aliphatic carbocycles. The predicted molar refractivity (Wildman–Crippen MR) is 131 cm³/mol. The highest BCUT2D eigenvalue weighted by Crippen LogP contribution is 2.27. The van der Waals surface area contributed by atoms with Gasteiger partial charge >= 0.3 is 0 Å². The molecule has 3 aromatic rings. The van der Waals surface area contributed by atoms with Crippen LogP contribution in [0.1, 0.15) is 23.6 Å². The highest BCUT2D eigenvalue weighted by atomic mass is 35.5. The van der Waals surface area contributed by atoms with Crippen molar-refractivity contribution in [3.8, 4) is 5.75 Å². The maximum absolute atomic E-state index is 8.66. The Hall–Kier alpha value is -2.87. The Labute approximate surface area is 198 Å². The fourth-order valence-corrected chi connectivity index (χ4v) is 3.60. The van der Waals surface area contributed by atoms with Gasteiger partial charge in [-0.15, -0.1) is 0 Å². The lowest BCUT2D eigenvalue weighted by atomic mass is 10.0. The van der Waals surface area contributed by atoms with Crippen molar-refractivity contribution in [1.29, 1.82) is 5.41 Å². The summed E-state index contributed by atoms with van der Waals surface area (Å²) >= 11 is 12.3. The number of benzene rings is 1. The Morgan fingerprint density at radius 1 is 1.16 bits per heavy atom. The Morgan fingerprint density at radius 2 is 1.91 bits per heavy atom. The zero-order chi connectivity index (χ0) is 23.1. The molecule has 3 rings (SSSR count). The van der Waals surface area contributed by atoms with Gasteiger partial charge in [0, 0.05) is 60.6 Å². The first-order valence-corrected chi connectivity index (χ1v) is 10.9. The van der Waals surface area contributed by atoms with E-state index < -0.39 is 0 Å². The molecule has 32 heavy (non-hydrogen) atoms. The molecule has 4 N–H and O–H groups in total. The molecule has 7 nitrogen and oxygen atoms in total. The number of halogens is 2. The zero-order valence-corrected chi connectivity index (χ0v) is 19.5. The van der Waals surface area contributed by atoms with Crippen LogP contribution in [0.25, 0.3) is 0 Å². The number of hydrogen-bond donors (Lipinski definition) is 3. The van der Waals surface area contributed by atoms with E-state index in [1.807, 2.05) is 19.2 Å². The van der Waals surface area contributed by atoms with Crippen molar-refractivity contribution in [2.45, 2.75) is 13.5 Å². The summed E-state index contributed by atoms with van der Waals surface area (Å²) in [6.45, 7) is 4.84. The van der Waals surface area contributed by atoms with Crippen LogP contribution >= 0.6 is 23.2 Å². The minimum atomic E-state index is 0.173. The van der Waals surface area contributed by atoms with E-state index in [4.69, 9.17) is 39.1 Å². The summed E-state index contributed by atoms with van der Waals surface area (Å²) in [7, 11) is 1.92. The summed E-state index contributed by atoms with van der Waals surface area (Å²) < 4.78 is 5.86. The van der Waals surface area contributed by atoms with Gasteiger partial charge in [0.25, 0.3) is 0 Å². The lowest BCUT2D eigenvalue weighted by molar-refractivity contribution is 0.306. The first-order chi connectivity index (χ1) is 15.4. The molecule has 0 bridgehead atoms. The molecule has 168 valence electrons. The van der Waals surface area contributed by atoms with Gasteiger partial charge < -0.3 is 20.7 Å². The average Bonchev–Trinajstić information content (AvgIpc) is 2.80. The van der Waals surface area contributed by atoms with Gasteiger partial charge in [-0.1, -0.05) is 23.2 Å². The van der Waals surface area contributed by atoms with Crippen molar-refractivity contribution in [2.75, 3.05) is 37.3 Å². The minimum absolute atomic E-state index is 0.173. The van der Waals surface area contributed by atoms with Crippen LogP contribution in [-0.2, 0) is 6.61 Å². The van der Waals surface area contributed by atoms with Gasteiger partial charge in [0.05, 0.1) is 15.8 Å². The lowest BCUT2D eigenvalue weighted by Gasteiger charge is -2.22. The quantitative estimate of drug-likeness (QED) is 0.298. The number of nitrogens with two attached hydrogens (primary N) is 1. The van der Waals surface area contributed by atoms with E-state index in [1.165, 1.54) is 12.4 Å². The number of nitrogen functional groups attached to an aromatic ring is 1. The molecular formula is C23H26Cl2N6O. The van der Waals surface area contributed by atoms with Gasteiger partial charge in [0.2, 0.25) is 0 Å². The number of anilines is 2. The smallest absolute Gasteiger partial charge is 0.128 e. The zero-order valence-electron chi connectivity index (χ0n) is 18.0. The van der Waals surface area contributed by atoms with E-state index in [9.17, 15) is 0 Å². The number of nitrogens with one attached hydrogen (secondary N) is 2. The second kappa shape index (κ2) is 11.1. The van der Waals surface area contributed by atoms with Gasteiger partial charge in [0.1, 0.15) is 18.2 Å². The Morgan fingerprint density at radius 3 is 2.53 bits per heavy atom. The molecule has 1 aromatic carbocycles. The molecule has 0 fully saturated rings. The molecule has 9 heteroatoms. The van der Waals surface area contributed by atoms with Crippen molar-refractivity contribution in [2.24, 2.45) is 0 Å². The van der Waals surface area contributed by atoms with E-state index >= 15 is 0 Å². The third kappa shape index (κ3) is 5.68. The van der Waals surface area contributed by atoms with Crippen molar-refractivity contribution >= 4 is 40.4 Å². The summed E-state index contributed by atoms with van der Waals surface area (Å²) in [6.07, 6.45) is 4.74. The monoisotopic (exact) mass is 472 g/mol. The Bertz CT molecular complexity index is 1050.